The van der Waals surface area contributed by atoms with Gasteiger partial charge in [0.25, 0.3) is 0 Å². The fourth-order valence-corrected chi connectivity index (χ4v) is 2.05. The number of nitrogens with two attached hydrogens (primary N) is 1. The van der Waals surface area contributed by atoms with Gasteiger partial charge in [-0.05, 0) is 52.7 Å². The molecule has 18 heavy (non-hydrogen) atoms. The zero-order chi connectivity index (χ0) is 13.1. The molecule has 0 heterocycles. The predicted octanol–water partition coefficient (Wildman–Crippen LogP) is 4.14. The Balaban J connectivity index is 2.34. The van der Waals surface area contributed by atoms with Crippen LogP contribution >= 0.6 is 15.9 Å². The van der Waals surface area contributed by atoms with Crippen LogP contribution in [0.25, 0.3) is 0 Å². The number of hydrogen-bond donors (Lipinski definition) is 1. The molecule has 0 amide bonds. The highest BCUT2D eigenvalue weighted by molar-refractivity contribution is 9.10. The molecule has 0 aliphatic heterocycles. The highest BCUT2D eigenvalue weighted by atomic mass is 79.9. The Morgan fingerprint density at radius 3 is 2.56 bits per heavy atom. The average molecular weight is 308 g/mol. The molecular formula is C14H14BrNO2. The van der Waals surface area contributed by atoms with E-state index in [-0.39, 0.29) is 0 Å². The minimum Gasteiger partial charge on any atom is -0.497 e. The molecule has 0 fully saturated rings. The van der Waals surface area contributed by atoms with E-state index in [0.717, 1.165) is 15.8 Å². The van der Waals surface area contributed by atoms with Crippen LogP contribution in [0.1, 0.15) is 5.56 Å². The van der Waals surface area contributed by atoms with Crippen molar-refractivity contribution in [3.63, 3.8) is 0 Å². The lowest BCUT2D eigenvalue weighted by molar-refractivity contribution is 0.412. The van der Waals surface area contributed by atoms with E-state index in [9.17, 15) is 0 Å². The number of nitrogen functional groups attached to an aromatic ring is 1. The lowest BCUT2D eigenvalue weighted by atomic mass is 10.2. The molecule has 2 rings (SSSR count). The Kier molecular flexibility index (Phi) is 3.77. The maximum atomic E-state index is 5.91. The van der Waals surface area contributed by atoms with Gasteiger partial charge in [0.15, 0.2) is 5.75 Å². The largest absolute Gasteiger partial charge is 0.497 e. The van der Waals surface area contributed by atoms with Gasteiger partial charge in [-0.2, -0.15) is 0 Å². The Morgan fingerprint density at radius 1 is 1.17 bits per heavy atom. The van der Waals surface area contributed by atoms with E-state index in [4.69, 9.17) is 15.2 Å². The molecule has 0 spiro atoms. The van der Waals surface area contributed by atoms with Crippen LogP contribution in [0.2, 0.25) is 0 Å². The minimum atomic E-state index is 0.623. The Labute approximate surface area is 115 Å². The van der Waals surface area contributed by atoms with Crippen molar-refractivity contribution in [3.8, 4) is 17.2 Å². The van der Waals surface area contributed by atoms with Gasteiger partial charge in [-0.1, -0.05) is 12.1 Å². The van der Waals surface area contributed by atoms with Crippen LogP contribution < -0.4 is 15.2 Å². The summed E-state index contributed by atoms with van der Waals surface area (Å²) >= 11 is 3.45. The number of ether oxygens (including phenoxy) is 2. The van der Waals surface area contributed by atoms with E-state index in [1.807, 2.05) is 43.3 Å². The van der Waals surface area contributed by atoms with Crippen LogP contribution in [0.3, 0.4) is 0 Å². The standard InChI is InChI=1S/C14H14BrNO2/c1-9-4-3-5-12(16)14(9)18-13-7-6-10(17-2)8-11(13)15/h3-8H,16H2,1-2H3. The van der Waals surface area contributed by atoms with Crippen LogP contribution in [-0.2, 0) is 0 Å². The van der Waals surface area contributed by atoms with Crippen LogP contribution in [0, 0.1) is 6.92 Å². The first-order chi connectivity index (χ1) is 8.61. The molecule has 0 aliphatic rings. The molecule has 0 unspecified atom stereocenters. The number of benzene rings is 2. The first kappa shape index (κ1) is 12.8. The number of anilines is 1. The second kappa shape index (κ2) is 5.31. The zero-order valence-electron chi connectivity index (χ0n) is 10.2. The second-order valence-corrected chi connectivity index (χ2v) is 4.75. The normalized spacial score (nSPS) is 10.2. The number of hydrogen-bond acceptors (Lipinski definition) is 3. The monoisotopic (exact) mass is 307 g/mol. The van der Waals surface area contributed by atoms with Crippen molar-refractivity contribution in [2.24, 2.45) is 0 Å². The van der Waals surface area contributed by atoms with Crippen molar-refractivity contribution in [1.29, 1.82) is 0 Å². The fourth-order valence-electron chi connectivity index (χ4n) is 1.62. The molecule has 2 N–H and O–H groups in total. The first-order valence-corrected chi connectivity index (χ1v) is 6.27. The van der Waals surface area contributed by atoms with Gasteiger partial charge >= 0.3 is 0 Å². The van der Waals surface area contributed by atoms with Crippen LogP contribution in [0.4, 0.5) is 5.69 Å². The highest BCUT2D eigenvalue weighted by Gasteiger charge is 2.09. The van der Waals surface area contributed by atoms with Gasteiger partial charge in [0.05, 0.1) is 17.3 Å². The summed E-state index contributed by atoms with van der Waals surface area (Å²) in [6.07, 6.45) is 0. The molecule has 0 radical (unpaired) electrons. The van der Waals surface area contributed by atoms with E-state index < -0.39 is 0 Å². The second-order valence-electron chi connectivity index (χ2n) is 3.89. The van der Waals surface area contributed by atoms with Crippen molar-refractivity contribution in [1.82, 2.24) is 0 Å². The topological polar surface area (TPSA) is 44.5 Å². The molecule has 3 nitrogen and oxygen atoms in total. The van der Waals surface area contributed by atoms with Gasteiger partial charge < -0.3 is 15.2 Å². The number of para-hydroxylation sites is 1. The molecule has 0 saturated heterocycles. The van der Waals surface area contributed by atoms with Gasteiger partial charge in [0.1, 0.15) is 11.5 Å². The van der Waals surface area contributed by atoms with Gasteiger partial charge in [0.2, 0.25) is 0 Å². The van der Waals surface area contributed by atoms with Gasteiger partial charge in [-0.3, -0.25) is 0 Å². The Hall–Kier alpha value is -1.68. The van der Waals surface area contributed by atoms with Gasteiger partial charge in [0, 0.05) is 0 Å². The summed E-state index contributed by atoms with van der Waals surface area (Å²) in [7, 11) is 1.63. The van der Waals surface area contributed by atoms with Crippen LogP contribution in [-0.4, -0.2) is 7.11 Å². The summed E-state index contributed by atoms with van der Waals surface area (Å²) in [6.45, 7) is 1.96. The minimum absolute atomic E-state index is 0.623. The van der Waals surface area contributed by atoms with Crippen molar-refractivity contribution in [2.45, 2.75) is 6.92 Å². The summed E-state index contributed by atoms with van der Waals surface area (Å²) < 4.78 is 11.8. The zero-order valence-corrected chi connectivity index (χ0v) is 11.8. The maximum absolute atomic E-state index is 5.91. The molecule has 0 atom stereocenters. The van der Waals surface area contributed by atoms with E-state index >= 15 is 0 Å². The first-order valence-electron chi connectivity index (χ1n) is 5.48. The molecule has 0 saturated carbocycles. The highest BCUT2D eigenvalue weighted by Crippen LogP contribution is 2.36. The summed E-state index contributed by atoms with van der Waals surface area (Å²) in [5.74, 6) is 2.16. The molecule has 0 aliphatic carbocycles. The lowest BCUT2D eigenvalue weighted by Crippen LogP contribution is -1.95. The van der Waals surface area contributed by atoms with Crippen molar-refractivity contribution >= 4 is 21.6 Å². The van der Waals surface area contributed by atoms with E-state index in [0.29, 0.717) is 17.2 Å². The Bertz CT molecular complexity index is 549. The van der Waals surface area contributed by atoms with E-state index in [1.54, 1.807) is 7.11 Å². The number of aryl methyl sites for hydroxylation is 1. The lowest BCUT2D eigenvalue weighted by Gasteiger charge is -2.13. The quantitative estimate of drug-likeness (QED) is 0.867. The smallest absolute Gasteiger partial charge is 0.153 e. The number of methoxy groups -OCH3 is 1. The predicted molar refractivity (Wildman–Crippen MR) is 76.4 cm³/mol. The van der Waals surface area contributed by atoms with Crippen molar-refractivity contribution in [3.05, 3.63) is 46.4 Å². The van der Waals surface area contributed by atoms with Crippen molar-refractivity contribution < 1.29 is 9.47 Å². The van der Waals surface area contributed by atoms with Gasteiger partial charge in [-0.15, -0.1) is 0 Å². The number of halogens is 1. The van der Waals surface area contributed by atoms with E-state index in [1.165, 1.54) is 0 Å². The summed E-state index contributed by atoms with van der Waals surface area (Å²) in [5.41, 5.74) is 7.53. The SMILES string of the molecule is COc1ccc(Oc2c(C)cccc2N)c(Br)c1. The molecule has 0 aromatic heterocycles. The van der Waals surface area contributed by atoms with Crippen LogP contribution in [0.15, 0.2) is 40.9 Å². The molecule has 0 bridgehead atoms. The third-order valence-electron chi connectivity index (χ3n) is 2.59. The average Bonchev–Trinajstić information content (AvgIpc) is 2.35. The maximum Gasteiger partial charge on any atom is 0.153 e. The number of rotatable bonds is 3. The third-order valence-corrected chi connectivity index (χ3v) is 3.21. The third kappa shape index (κ3) is 2.59. The Morgan fingerprint density at radius 2 is 1.94 bits per heavy atom. The fraction of sp³-hybridized carbons (Fsp3) is 0.143. The van der Waals surface area contributed by atoms with E-state index in [2.05, 4.69) is 15.9 Å². The van der Waals surface area contributed by atoms with Crippen LogP contribution in [0.5, 0.6) is 17.2 Å². The molecular weight excluding hydrogens is 294 g/mol. The molecule has 4 heteroatoms. The summed E-state index contributed by atoms with van der Waals surface area (Å²) in [4.78, 5) is 0. The molecule has 2 aromatic carbocycles. The van der Waals surface area contributed by atoms with Crippen molar-refractivity contribution in [2.75, 3.05) is 12.8 Å². The summed E-state index contributed by atoms with van der Waals surface area (Å²) in [6, 6.07) is 11.2. The van der Waals surface area contributed by atoms with Gasteiger partial charge in [-0.25, -0.2) is 0 Å². The summed E-state index contributed by atoms with van der Waals surface area (Å²) in [5, 5.41) is 0. The molecule has 2 aromatic rings. The molecule has 94 valence electrons.